The van der Waals surface area contributed by atoms with E-state index in [1.165, 1.54) is 11.8 Å². The van der Waals surface area contributed by atoms with Gasteiger partial charge in [0.1, 0.15) is 12.1 Å². The van der Waals surface area contributed by atoms with Gasteiger partial charge >= 0.3 is 0 Å². The van der Waals surface area contributed by atoms with E-state index in [1.807, 2.05) is 25.1 Å². The van der Waals surface area contributed by atoms with Crippen molar-refractivity contribution < 1.29 is 4.42 Å². The quantitative estimate of drug-likeness (QED) is 0.480. The molecule has 0 aromatic carbocycles. The molecule has 2 aromatic heterocycles. The molecule has 0 aliphatic heterocycles. The predicted molar refractivity (Wildman–Crippen MR) is 62.8 cm³/mol. The third-order valence-corrected chi connectivity index (χ3v) is 2.77. The van der Waals surface area contributed by atoms with Crippen molar-refractivity contribution in [1.29, 1.82) is 0 Å². The lowest BCUT2D eigenvalue weighted by Gasteiger charge is -2.01. The topological polar surface area (TPSA) is 77.0 Å². The van der Waals surface area contributed by atoms with Gasteiger partial charge in [-0.15, -0.1) is 0 Å². The second kappa shape index (κ2) is 5.00. The van der Waals surface area contributed by atoms with Crippen LogP contribution in [0.2, 0.25) is 0 Å². The average molecular weight is 236 g/mol. The van der Waals surface area contributed by atoms with Crippen molar-refractivity contribution in [3.8, 4) is 0 Å². The van der Waals surface area contributed by atoms with Gasteiger partial charge in [-0.3, -0.25) is 0 Å². The summed E-state index contributed by atoms with van der Waals surface area (Å²) in [4.78, 5) is 8.48. The number of hydrogen-bond donors (Lipinski definition) is 2. The highest BCUT2D eigenvalue weighted by molar-refractivity contribution is 7.98. The van der Waals surface area contributed by atoms with Gasteiger partial charge < -0.3 is 9.84 Å². The summed E-state index contributed by atoms with van der Waals surface area (Å²) < 4.78 is 5.23. The highest BCUT2D eigenvalue weighted by Crippen LogP contribution is 2.21. The molecular formula is C10H12N4OS. The summed E-state index contributed by atoms with van der Waals surface area (Å²) in [6, 6.07) is 5.64. The zero-order valence-electron chi connectivity index (χ0n) is 8.80. The molecule has 2 rings (SSSR count). The van der Waals surface area contributed by atoms with Crippen molar-refractivity contribution in [2.24, 2.45) is 5.84 Å². The standard InChI is InChI=1S/C10H12N4OS/c1-7-5-15-10(12-7)16-6-8-3-2-4-9(13-8)14-11/h2-5H,6,11H2,1H3,(H,13,14). The third-order valence-electron chi connectivity index (χ3n) is 1.90. The van der Waals surface area contributed by atoms with Gasteiger partial charge in [-0.1, -0.05) is 17.8 Å². The van der Waals surface area contributed by atoms with E-state index in [4.69, 9.17) is 10.3 Å². The predicted octanol–water partition coefficient (Wildman–Crippen LogP) is 1.96. The molecule has 3 N–H and O–H groups in total. The first-order valence-electron chi connectivity index (χ1n) is 4.75. The molecule has 0 bridgehead atoms. The second-order valence-corrected chi connectivity index (χ2v) is 4.13. The lowest BCUT2D eigenvalue weighted by molar-refractivity contribution is 0.454. The number of aryl methyl sites for hydroxylation is 1. The maximum atomic E-state index is 5.28. The van der Waals surface area contributed by atoms with Crippen LogP contribution in [0, 0.1) is 6.92 Å². The summed E-state index contributed by atoms with van der Waals surface area (Å²) in [5.41, 5.74) is 4.32. The van der Waals surface area contributed by atoms with Gasteiger partial charge in [0.25, 0.3) is 5.22 Å². The molecule has 0 fully saturated rings. The number of nitrogens with two attached hydrogens (primary N) is 1. The fourth-order valence-electron chi connectivity index (χ4n) is 1.17. The van der Waals surface area contributed by atoms with Crippen molar-refractivity contribution in [3.63, 3.8) is 0 Å². The highest BCUT2D eigenvalue weighted by atomic mass is 32.2. The Morgan fingerprint density at radius 1 is 1.44 bits per heavy atom. The number of oxazole rings is 1. The summed E-state index contributed by atoms with van der Waals surface area (Å²) in [5.74, 6) is 6.64. The second-order valence-electron chi connectivity index (χ2n) is 3.20. The molecule has 6 heteroatoms. The van der Waals surface area contributed by atoms with Gasteiger partial charge in [0.15, 0.2) is 0 Å². The maximum absolute atomic E-state index is 5.28. The highest BCUT2D eigenvalue weighted by Gasteiger charge is 2.03. The van der Waals surface area contributed by atoms with Crippen LogP contribution in [0.15, 0.2) is 34.1 Å². The molecule has 16 heavy (non-hydrogen) atoms. The minimum absolute atomic E-state index is 0.654. The summed E-state index contributed by atoms with van der Waals surface area (Å²) in [5, 5.41) is 0.658. The number of aromatic nitrogens is 2. The van der Waals surface area contributed by atoms with E-state index in [0.29, 0.717) is 16.8 Å². The van der Waals surface area contributed by atoms with Gasteiger partial charge in [-0.2, -0.15) is 0 Å². The van der Waals surface area contributed by atoms with Gasteiger partial charge in [0, 0.05) is 5.75 Å². The zero-order valence-corrected chi connectivity index (χ0v) is 9.62. The monoisotopic (exact) mass is 236 g/mol. The van der Waals surface area contributed by atoms with Crippen molar-refractivity contribution in [3.05, 3.63) is 35.9 Å². The molecule has 0 saturated carbocycles. The zero-order chi connectivity index (χ0) is 11.4. The van der Waals surface area contributed by atoms with Crippen LogP contribution in [-0.2, 0) is 5.75 Å². The van der Waals surface area contributed by atoms with E-state index in [0.717, 1.165) is 11.4 Å². The molecular weight excluding hydrogens is 224 g/mol. The molecule has 0 unspecified atom stereocenters. The van der Waals surface area contributed by atoms with Crippen LogP contribution < -0.4 is 11.3 Å². The molecule has 0 amide bonds. The van der Waals surface area contributed by atoms with Gasteiger partial charge in [0.2, 0.25) is 0 Å². The Labute approximate surface area is 97.4 Å². The Balaban J connectivity index is 1.99. The Hall–Kier alpha value is -1.53. The van der Waals surface area contributed by atoms with Gasteiger partial charge in [-0.05, 0) is 19.1 Å². The number of pyridine rings is 1. The number of nitrogens with zero attached hydrogens (tertiary/aromatic N) is 2. The van der Waals surface area contributed by atoms with Crippen LogP contribution in [0.5, 0.6) is 0 Å². The smallest absolute Gasteiger partial charge is 0.256 e. The summed E-state index contributed by atoms with van der Waals surface area (Å²) >= 11 is 1.50. The number of thioether (sulfide) groups is 1. The van der Waals surface area contributed by atoms with Crippen LogP contribution in [0.3, 0.4) is 0 Å². The van der Waals surface area contributed by atoms with E-state index in [1.54, 1.807) is 6.26 Å². The summed E-state index contributed by atoms with van der Waals surface area (Å²) in [6.07, 6.45) is 1.63. The van der Waals surface area contributed by atoms with Crippen LogP contribution >= 0.6 is 11.8 Å². The number of hydrazine groups is 1. The first-order valence-corrected chi connectivity index (χ1v) is 5.74. The number of nitrogen functional groups attached to an aromatic ring is 1. The van der Waals surface area contributed by atoms with Crippen LogP contribution in [-0.4, -0.2) is 9.97 Å². The Morgan fingerprint density at radius 2 is 2.31 bits per heavy atom. The molecule has 2 heterocycles. The van der Waals surface area contributed by atoms with Crippen LogP contribution in [0.4, 0.5) is 5.82 Å². The number of hydrogen-bond acceptors (Lipinski definition) is 6. The van der Waals surface area contributed by atoms with E-state index in [9.17, 15) is 0 Å². The number of rotatable bonds is 4. The maximum Gasteiger partial charge on any atom is 0.256 e. The molecule has 0 aliphatic carbocycles. The van der Waals surface area contributed by atoms with Gasteiger partial charge in [0.05, 0.1) is 11.4 Å². The van der Waals surface area contributed by atoms with E-state index in [-0.39, 0.29) is 0 Å². The first kappa shape index (κ1) is 11.0. The van der Waals surface area contributed by atoms with Crippen molar-refractivity contribution in [1.82, 2.24) is 9.97 Å². The van der Waals surface area contributed by atoms with Crippen molar-refractivity contribution in [2.45, 2.75) is 17.9 Å². The van der Waals surface area contributed by atoms with E-state index < -0.39 is 0 Å². The van der Waals surface area contributed by atoms with Crippen LogP contribution in [0.1, 0.15) is 11.4 Å². The van der Waals surface area contributed by atoms with E-state index in [2.05, 4.69) is 15.4 Å². The Bertz CT molecular complexity index is 471. The largest absolute Gasteiger partial charge is 0.440 e. The first-order chi connectivity index (χ1) is 7.78. The number of nitrogens with one attached hydrogen (secondary N) is 1. The van der Waals surface area contributed by atoms with Gasteiger partial charge in [-0.25, -0.2) is 15.8 Å². The number of anilines is 1. The summed E-state index contributed by atoms with van der Waals surface area (Å²) in [6.45, 7) is 1.89. The van der Waals surface area contributed by atoms with Crippen LogP contribution in [0.25, 0.3) is 0 Å². The fourth-order valence-corrected chi connectivity index (χ4v) is 1.93. The fraction of sp³-hybridized carbons (Fsp3) is 0.200. The Morgan fingerprint density at radius 3 is 3.00 bits per heavy atom. The lowest BCUT2D eigenvalue weighted by atomic mass is 10.4. The molecule has 2 aromatic rings. The van der Waals surface area contributed by atoms with Crippen molar-refractivity contribution >= 4 is 17.6 Å². The Kier molecular flexibility index (Phi) is 3.43. The normalized spacial score (nSPS) is 10.4. The minimum Gasteiger partial charge on any atom is -0.440 e. The summed E-state index contributed by atoms with van der Waals surface area (Å²) in [7, 11) is 0. The molecule has 0 spiro atoms. The molecule has 0 radical (unpaired) electrons. The average Bonchev–Trinajstić information content (AvgIpc) is 2.73. The van der Waals surface area contributed by atoms with E-state index >= 15 is 0 Å². The molecule has 5 nitrogen and oxygen atoms in total. The molecule has 0 aliphatic rings. The third kappa shape index (κ3) is 2.74. The molecule has 0 atom stereocenters. The minimum atomic E-state index is 0.654. The molecule has 84 valence electrons. The van der Waals surface area contributed by atoms with Crippen molar-refractivity contribution in [2.75, 3.05) is 5.43 Å². The lowest BCUT2D eigenvalue weighted by Crippen LogP contribution is -2.08. The SMILES string of the molecule is Cc1coc(SCc2cccc(NN)n2)n1. The molecule has 0 saturated heterocycles.